The lowest BCUT2D eigenvalue weighted by Crippen LogP contribution is -2.60. The molecule has 1 heterocycles. The zero-order chi connectivity index (χ0) is 19.8. The molecule has 2 aromatic rings. The Hall–Kier alpha value is -1.80. The fraction of sp³-hybridized carbons (Fsp3) is 0.455. The molecule has 2 aromatic carbocycles. The predicted molar refractivity (Wildman–Crippen MR) is 104 cm³/mol. The second kappa shape index (κ2) is 10.7. The second-order valence-electron chi connectivity index (χ2n) is 6.75. The molecule has 0 aromatic heterocycles. The molecule has 0 unspecified atom stereocenters. The third kappa shape index (κ3) is 5.38. The van der Waals surface area contributed by atoms with E-state index in [1.54, 1.807) is 14.2 Å². The average Bonchev–Trinajstić information content (AvgIpc) is 2.74. The van der Waals surface area contributed by atoms with Gasteiger partial charge < -0.3 is 28.8 Å². The van der Waals surface area contributed by atoms with Crippen molar-refractivity contribution >= 4 is 0 Å². The highest BCUT2D eigenvalue weighted by Crippen LogP contribution is 2.28. The van der Waals surface area contributed by atoms with Gasteiger partial charge in [-0.25, -0.2) is 0 Å². The van der Waals surface area contributed by atoms with Crippen LogP contribution in [0, 0.1) is 0 Å². The first-order chi connectivity index (χ1) is 13.7. The third-order valence-corrected chi connectivity index (χ3v) is 4.75. The largest absolute Gasteiger partial charge is 0.387 e. The first-order valence-corrected chi connectivity index (χ1v) is 9.39. The summed E-state index contributed by atoms with van der Waals surface area (Å²) < 4.78 is 28.8. The van der Waals surface area contributed by atoms with Crippen molar-refractivity contribution in [2.75, 3.05) is 20.8 Å². The Morgan fingerprint density at radius 1 is 0.821 bits per heavy atom. The summed E-state index contributed by atoms with van der Waals surface area (Å²) in [5, 5.41) is 10.9. The van der Waals surface area contributed by atoms with Crippen molar-refractivity contribution in [3.8, 4) is 0 Å². The van der Waals surface area contributed by atoms with Crippen LogP contribution in [0.5, 0.6) is 0 Å². The minimum Gasteiger partial charge on any atom is -0.387 e. The summed E-state index contributed by atoms with van der Waals surface area (Å²) in [6.07, 6.45) is -3.35. The summed E-state index contributed by atoms with van der Waals surface area (Å²) in [6, 6.07) is 19.6. The van der Waals surface area contributed by atoms with Gasteiger partial charge in [-0.1, -0.05) is 60.7 Å². The van der Waals surface area contributed by atoms with E-state index in [-0.39, 0.29) is 6.61 Å². The summed E-state index contributed by atoms with van der Waals surface area (Å²) in [5.74, 6) is 0. The van der Waals surface area contributed by atoms with E-state index in [4.69, 9.17) is 23.7 Å². The van der Waals surface area contributed by atoms with Crippen LogP contribution in [-0.4, -0.2) is 56.6 Å². The van der Waals surface area contributed by atoms with Crippen molar-refractivity contribution < 1.29 is 28.8 Å². The van der Waals surface area contributed by atoms with Crippen molar-refractivity contribution in [3.05, 3.63) is 71.8 Å². The van der Waals surface area contributed by atoms with Crippen LogP contribution in [0.1, 0.15) is 11.1 Å². The quantitative estimate of drug-likeness (QED) is 0.712. The maximum absolute atomic E-state index is 10.9. The molecule has 1 N–H and O–H groups in total. The Kier molecular flexibility index (Phi) is 7.97. The molecule has 3 rings (SSSR count). The molecular weight excluding hydrogens is 360 g/mol. The standard InChI is InChI=1S/C22H28O6/c1-24-15-18-19(23)20(26-13-16-9-5-3-6-10-16)21(22(25-2)28-18)27-14-17-11-7-4-8-12-17/h3-12,18-23H,13-15H2,1-2H3/t18-,19-,20+,21-,22+/m1/s1. The van der Waals surface area contributed by atoms with Crippen molar-refractivity contribution in [1.82, 2.24) is 0 Å². The Bertz CT molecular complexity index is 680. The van der Waals surface area contributed by atoms with E-state index in [1.807, 2.05) is 60.7 Å². The van der Waals surface area contributed by atoms with Crippen LogP contribution in [0.3, 0.4) is 0 Å². The van der Waals surface area contributed by atoms with Gasteiger partial charge in [0, 0.05) is 14.2 Å². The molecule has 152 valence electrons. The van der Waals surface area contributed by atoms with E-state index < -0.39 is 30.7 Å². The van der Waals surface area contributed by atoms with E-state index in [0.29, 0.717) is 13.2 Å². The van der Waals surface area contributed by atoms with Crippen molar-refractivity contribution in [1.29, 1.82) is 0 Å². The van der Waals surface area contributed by atoms with Gasteiger partial charge in [0.25, 0.3) is 0 Å². The Morgan fingerprint density at radius 2 is 1.36 bits per heavy atom. The molecule has 1 saturated heterocycles. The smallest absolute Gasteiger partial charge is 0.186 e. The molecule has 0 saturated carbocycles. The number of methoxy groups -OCH3 is 2. The molecule has 28 heavy (non-hydrogen) atoms. The van der Waals surface area contributed by atoms with Gasteiger partial charge >= 0.3 is 0 Å². The molecule has 0 radical (unpaired) electrons. The number of rotatable bonds is 9. The van der Waals surface area contributed by atoms with Gasteiger partial charge in [0.2, 0.25) is 0 Å². The number of hydrogen-bond acceptors (Lipinski definition) is 6. The molecule has 0 bridgehead atoms. The van der Waals surface area contributed by atoms with Gasteiger partial charge in [-0.3, -0.25) is 0 Å². The first-order valence-electron chi connectivity index (χ1n) is 9.39. The monoisotopic (exact) mass is 388 g/mol. The Labute approximate surface area is 165 Å². The fourth-order valence-corrected chi connectivity index (χ4v) is 3.28. The minimum absolute atomic E-state index is 0.234. The summed E-state index contributed by atoms with van der Waals surface area (Å²) in [6.45, 7) is 0.948. The number of aliphatic hydroxyl groups is 1. The molecule has 1 aliphatic heterocycles. The highest BCUT2D eigenvalue weighted by atomic mass is 16.7. The third-order valence-electron chi connectivity index (χ3n) is 4.75. The fourth-order valence-electron chi connectivity index (χ4n) is 3.28. The maximum Gasteiger partial charge on any atom is 0.186 e. The number of aliphatic hydroxyl groups excluding tert-OH is 1. The van der Waals surface area contributed by atoms with Gasteiger partial charge in [-0.15, -0.1) is 0 Å². The van der Waals surface area contributed by atoms with E-state index in [2.05, 4.69) is 0 Å². The molecule has 0 aliphatic carbocycles. The molecule has 6 heteroatoms. The van der Waals surface area contributed by atoms with Gasteiger partial charge in [0.1, 0.15) is 24.4 Å². The van der Waals surface area contributed by atoms with E-state index in [1.165, 1.54) is 0 Å². The normalized spacial score (nSPS) is 27.6. The number of ether oxygens (including phenoxy) is 5. The zero-order valence-electron chi connectivity index (χ0n) is 16.3. The highest BCUT2D eigenvalue weighted by molar-refractivity contribution is 5.14. The van der Waals surface area contributed by atoms with Crippen LogP contribution in [0.2, 0.25) is 0 Å². The number of benzene rings is 2. The second-order valence-corrected chi connectivity index (χ2v) is 6.75. The van der Waals surface area contributed by atoms with Crippen LogP contribution in [0.15, 0.2) is 60.7 Å². The SMILES string of the molecule is COC[C@H]1O[C@H](OC)[C@H](OCc2ccccc2)[C@@H](OCc2ccccc2)[C@@H]1O. The summed E-state index contributed by atoms with van der Waals surface area (Å²) in [4.78, 5) is 0. The van der Waals surface area contributed by atoms with Crippen LogP contribution in [0.25, 0.3) is 0 Å². The molecule has 0 amide bonds. The summed E-state index contributed by atoms with van der Waals surface area (Å²) in [5.41, 5.74) is 2.04. The molecular formula is C22H28O6. The predicted octanol–water partition coefficient (Wildman–Crippen LogP) is 2.54. The topological polar surface area (TPSA) is 66.4 Å². The molecule has 6 nitrogen and oxygen atoms in total. The van der Waals surface area contributed by atoms with E-state index in [9.17, 15) is 5.11 Å². The van der Waals surface area contributed by atoms with Crippen LogP contribution >= 0.6 is 0 Å². The van der Waals surface area contributed by atoms with E-state index in [0.717, 1.165) is 11.1 Å². The first kappa shape index (κ1) is 20.9. The van der Waals surface area contributed by atoms with Gasteiger partial charge in [-0.05, 0) is 11.1 Å². The van der Waals surface area contributed by atoms with Crippen LogP contribution < -0.4 is 0 Å². The molecule has 0 spiro atoms. The van der Waals surface area contributed by atoms with Crippen molar-refractivity contribution in [3.63, 3.8) is 0 Å². The van der Waals surface area contributed by atoms with Crippen LogP contribution in [-0.2, 0) is 36.9 Å². The molecule has 5 atom stereocenters. The lowest BCUT2D eigenvalue weighted by molar-refractivity contribution is -0.314. The Balaban J connectivity index is 1.74. The highest BCUT2D eigenvalue weighted by Gasteiger charge is 2.47. The zero-order valence-corrected chi connectivity index (χ0v) is 16.3. The number of hydrogen-bond donors (Lipinski definition) is 1. The van der Waals surface area contributed by atoms with Crippen molar-refractivity contribution in [2.45, 2.75) is 43.9 Å². The lowest BCUT2D eigenvalue weighted by Gasteiger charge is -2.43. The van der Waals surface area contributed by atoms with Gasteiger partial charge in [0.15, 0.2) is 6.29 Å². The van der Waals surface area contributed by atoms with Gasteiger partial charge in [-0.2, -0.15) is 0 Å². The van der Waals surface area contributed by atoms with Crippen molar-refractivity contribution in [2.24, 2.45) is 0 Å². The van der Waals surface area contributed by atoms with Gasteiger partial charge in [0.05, 0.1) is 19.8 Å². The molecule has 1 aliphatic rings. The maximum atomic E-state index is 10.9. The van der Waals surface area contributed by atoms with E-state index >= 15 is 0 Å². The van der Waals surface area contributed by atoms with Crippen LogP contribution in [0.4, 0.5) is 0 Å². The minimum atomic E-state index is -0.907. The Morgan fingerprint density at radius 3 is 1.86 bits per heavy atom. The average molecular weight is 388 g/mol. The summed E-state index contributed by atoms with van der Waals surface area (Å²) >= 11 is 0. The summed E-state index contributed by atoms with van der Waals surface area (Å²) in [7, 11) is 3.12. The lowest BCUT2D eigenvalue weighted by atomic mass is 9.98. The molecule has 1 fully saturated rings.